The summed E-state index contributed by atoms with van der Waals surface area (Å²) in [6.45, 7) is 3.88. The number of hydrogen-bond acceptors (Lipinski definition) is 4. The molecule has 4 nitrogen and oxygen atoms in total. The van der Waals surface area contributed by atoms with Gasteiger partial charge >= 0.3 is 0 Å². The molecule has 1 saturated heterocycles. The first-order chi connectivity index (χ1) is 11.7. The summed E-state index contributed by atoms with van der Waals surface area (Å²) in [5.74, 6) is 0.572. The summed E-state index contributed by atoms with van der Waals surface area (Å²) in [4.78, 5) is 13.8. The van der Waals surface area contributed by atoms with Crippen LogP contribution >= 0.6 is 0 Å². The molecule has 5 heteroatoms. The molecule has 0 bridgehead atoms. The number of hydrogen-bond donors (Lipinski definition) is 0. The van der Waals surface area contributed by atoms with Crippen molar-refractivity contribution in [2.75, 3.05) is 38.1 Å². The van der Waals surface area contributed by atoms with E-state index >= 15 is 0 Å². The molecule has 1 aliphatic rings. The fourth-order valence-corrected chi connectivity index (χ4v) is 3.10. The van der Waals surface area contributed by atoms with Gasteiger partial charge in [0.15, 0.2) is 0 Å². The second kappa shape index (κ2) is 6.17. The van der Waals surface area contributed by atoms with Crippen molar-refractivity contribution in [2.45, 2.75) is 0 Å². The molecule has 0 spiro atoms. The number of benzene rings is 2. The minimum Gasteiger partial charge on any atom is -0.353 e. The average Bonchev–Trinajstić information content (AvgIpc) is 2.62. The van der Waals surface area contributed by atoms with Gasteiger partial charge in [0.25, 0.3) is 0 Å². The van der Waals surface area contributed by atoms with Crippen LogP contribution in [0.4, 0.5) is 10.2 Å². The van der Waals surface area contributed by atoms with Crippen LogP contribution in [0.1, 0.15) is 0 Å². The highest BCUT2D eigenvalue weighted by Crippen LogP contribution is 2.29. The molecule has 1 aliphatic heterocycles. The van der Waals surface area contributed by atoms with Crippen LogP contribution in [0.15, 0.2) is 48.7 Å². The van der Waals surface area contributed by atoms with Gasteiger partial charge < -0.3 is 9.80 Å². The third-order valence-corrected chi connectivity index (χ3v) is 4.51. The number of fused-ring (bicyclic) bond motifs is 1. The van der Waals surface area contributed by atoms with Crippen molar-refractivity contribution in [3.8, 4) is 11.1 Å². The maximum absolute atomic E-state index is 14.0. The molecule has 0 atom stereocenters. The normalized spacial score (nSPS) is 15.8. The van der Waals surface area contributed by atoms with Crippen LogP contribution in [0.25, 0.3) is 22.2 Å². The lowest BCUT2D eigenvalue weighted by Crippen LogP contribution is -2.44. The van der Waals surface area contributed by atoms with Crippen molar-refractivity contribution in [1.29, 1.82) is 0 Å². The molecule has 4 rings (SSSR count). The lowest BCUT2D eigenvalue weighted by Gasteiger charge is -2.33. The molecular weight excluding hydrogens is 303 g/mol. The van der Waals surface area contributed by atoms with Gasteiger partial charge in [0.05, 0.1) is 17.2 Å². The van der Waals surface area contributed by atoms with Crippen LogP contribution in [0, 0.1) is 5.82 Å². The fourth-order valence-electron chi connectivity index (χ4n) is 3.10. The molecular formula is C19H19FN4. The molecule has 0 radical (unpaired) electrons. The Morgan fingerprint density at radius 3 is 2.50 bits per heavy atom. The molecule has 122 valence electrons. The molecule has 0 aliphatic carbocycles. The molecule has 2 heterocycles. The van der Waals surface area contributed by atoms with Crippen molar-refractivity contribution >= 4 is 16.9 Å². The van der Waals surface area contributed by atoms with E-state index in [1.54, 1.807) is 12.3 Å². The zero-order chi connectivity index (χ0) is 16.5. The van der Waals surface area contributed by atoms with Crippen molar-refractivity contribution in [1.82, 2.24) is 14.9 Å². The van der Waals surface area contributed by atoms with E-state index in [-0.39, 0.29) is 5.82 Å². The number of rotatable bonds is 2. The standard InChI is InChI=1S/C19H19FN4/c1-23-7-9-24(10-8-23)18-13-21-17-12-15(20)11-16(19(17)22-18)14-5-3-2-4-6-14/h2-6,11-13H,7-10H2,1H3. The van der Waals surface area contributed by atoms with Gasteiger partial charge in [0.2, 0.25) is 0 Å². The van der Waals surface area contributed by atoms with Crippen molar-refractivity contribution in [2.24, 2.45) is 0 Å². The van der Waals surface area contributed by atoms with Gasteiger partial charge in [0.1, 0.15) is 11.6 Å². The van der Waals surface area contributed by atoms with E-state index in [0.29, 0.717) is 5.52 Å². The maximum Gasteiger partial charge on any atom is 0.147 e. The summed E-state index contributed by atoms with van der Waals surface area (Å²) >= 11 is 0. The van der Waals surface area contributed by atoms with E-state index in [2.05, 4.69) is 21.8 Å². The van der Waals surface area contributed by atoms with E-state index in [9.17, 15) is 4.39 Å². The van der Waals surface area contributed by atoms with Crippen LogP contribution in [-0.2, 0) is 0 Å². The molecule has 0 amide bonds. The Labute approximate surface area is 140 Å². The number of halogens is 1. The van der Waals surface area contributed by atoms with Crippen LogP contribution in [-0.4, -0.2) is 48.1 Å². The molecule has 3 aromatic rings. The molecule has 0 saturated carbocycles. The van der Waals surface area contributed by atoms with E-state index in [1.807, 2.05) is 30.3 Å². The van der Waals surface area contributed by atoms with Gasteiger partial charge in [-0.15, -0.1) is 0 Å². The molecule has 0 N–H and O–H groups in total. The van der Waals surface area contributed by atoms with E-state index < -0.39 is 0 Å². The van der Waals surface area contributed by atoms with Crippen LogP contribution in [0.5, 0.6) is 0 Å². The Bertz CT molecular complexity index is 858. The summed E-state index contributed by atoms with van der Waals surface area (Å²) in [6, 6.07) is 12.8. The summed E-state index contributed by atoms with van der Waals surface area (Å²) in [5.41, 5.74) is 3.08. The van der Waals surface area contributed by atoms with Gasteiger partial charge in [-0.1, -0.05) is 30.3 Å². The molecule has 24 heavy (non-hydrogen) atoms. The smallest absolute Gasteiger partial charge is 0.147 e. The van der Waals surface area contributed by atoms with E-state index in [1.165, 1.54) is 6.07 Å². The Balaban J connectivity index is 1.82. The lowest BCUT2D eigenvalue weighted by atomic mass is 10.0. The number of anilines is 1. The SMILES string of the molecule is CN1CCN(c2cnc3cc(F)cc(-c4ccccc4)c3n2)CC1. The van der Waals surface area contributed by atoms with Crippen molar-refractivity contribution < 1.29 is 4.39 Å². The highest BCUT2D eigenvalue weighted by atomic mass is 19.1. The third-order valence-electron chi connectivity index (χ3n) is 4.51. The van der Waals surface area contributed by atoms with E-state index in [4.69, 9.17) is 4.98 Å². The number of aromatic nitrogens is 2. The lowest BCUT2D eigenvalue weighted by molar-refractivity contribution is 0.312. The Morgan fingerprint density at radius 2 is 1.75 bits per heavy atom. The number of likely N-dealkylation sites (N-methyl/N-ethyl adjacent to an activating group) is 1. The minimum absolute atomic E-state index is 0.289. The molecule has 1 fully saturated rings. The first-order valence-corrected chi connectivity index (χ1v) is 8.16. The Hall–Kier alpha value is -2.53. The molecule has 0 unspecified atom stereocenters. The summed E-state index contributed by atoms with van der Waals surface area (Å²) in [6.07, 6.45) is 1.75. The first kappa shape index (κ1) is 15.0. The van der Waals surface area contributed by atoms with Gasteiger partial charge in [-0.2, -0.15) is 0 Å². The summed E-state index contributed by atoms with van der Waals surface area (Å²) < 4.78 is 14.0. The quantitative estimate of drug-likeness (QED) is 0.725. The topological polar surface area (TPSA) is 32.3 Å². The number of nitrogens with zero attached hydrogens (tertiary/aromatic N) is 4. The predicted octanol–water partition coefficient (Wildman–Crippen LogP) is 3.19. The molecule has 1 aromatic heterocycles. The largest absolute Gasteiger partial charge is 0.353 e. The zero-order valence-electron chi connectivity index (χ0n) is 13.6. The predicted molar refractivity (Wildman–Crippen MR) is 94.6 cm³/mol. The highest BCUT2D eigenvalue weighted by molar-refractivity contribution is 5.92. The van der Waals surface area contributed by atoms with Crippen LogP contribution in [0.2, 0.25) is 0 Å². The van der Waals surface area contributed by atoms with Crippen molar-refractivity contribution in [3.63, 3.8) is 0 Å². The highest BCUT2D eigenvalue weighted by Gasteiger charge is 2.17. The second-order valence-electron chi connectivity index (χ2n) is 6.21. The van der Waals surface area contributed by atoms with Gasteiger partial charge in [-0.25, -0.2) is 9.37 Å². The summed E-state index contributed by atoms with van der Waals surface area (Å²) in [7, 11) is 2.12. The monoisotopic (exact) mass is 322 g/mol. The fraction of sp³-hybridized carbons (Fsp3) is 0.263. The van der Waals surface area contributed by atoms with Crippen LogP contribution in [0.3, 0.4) is 0 Å². The maximum atomic E-state index is 14.0. The summed E-state index contributed by atoms with van der Waals surface area (Å²) in [5, 5.41) is 0. The molecule has 2 aromatic carbocycles. The Kier molecular flexibility index (Phi) is 3.86. The van der Waals surface area contributed by atoms with Gasteiger partial charge in [0, 0.05) is 37.8 Å². The average molecular weight is 322 g/mol. The first-order valence-electron chi connectivity index (χ1n) is 8.16. The van der Waals surface area contributed by atoms with Crippen LogP contribution < -0.4 is 4.90 Å². The Morgan fingerprint density at radius 1 is 1.00 bits per heavy atom. The second-order valence-corrected chi connectivity index (χ2v) is 6.21. The van der Waals surface area contributed by atoms with Crippen molar-refractivity contribution in [3.05, 3.63) is 54.5 Å². The minimum atomic E-state index is -0.289. The van der Waals surface area contributed by atoms with Gasteiger partial charge in [-0.3, -0.25) is 4.98 Å². The van der Waals surface area contributed by atoms with Gasteiger partial charge in [-0.05, 0) is 18.7 Å². The van der Waals surface area contributed by atoms with E-state index in [0.717, 1.165) is 48.6 Å². The number of piperazine rings is 1. The third kappa shape index (κ3) is 2.83. The zero-order valence-corrected chi connectivity index (χ0v) is 13.6.